The SMILES string of the molecule is Cc1cc2n(n1)CCN(Cc1nnc(-c3ccco3)o1)C2. The van der Waals surface area contributed by atoms with Gasteiger partial charge in [-0.3, -0.25) is 9.58 Å². The molecule has 3 aromatic rings. The van der Waals surface area contributed by atoms with Crippen LogP contribution in [0.3, 0.4) is 0 Å². The lowest BCUT2D eigenvalue weighted by atomic mass is 10.3. The van der Waals surface area contributed by atoms with Gasteiger partial charge in [0.05, 0.1) is 30.7 Å². The van der Waals surface area contributed by atoms with E-state index in [2.05, 4.69) is 30.9 Å². The molecular formula is C14H15N5O2. The molecule has 108 valence electrons. The molecule has 1 aliphatic rings. The first-order valence-electron chi connectivity index (χ1n) is 6.90. The van der Waals surface area contributed by atoms with E-state index in [0.29, 0.717) is 24.1 Å². The van der Waals surface area contributed by atoms with Crippen LogP contribution in [0.15, 0.2) is 33.3 Å². The maximum absolute atomic E-state index is 5.64. The van der Waals surface area contributed by atoms with Crippen molar-refractivity contribution in [2.75, 3.05) is 6.54 Å². The van der Waals surface area contributed by atoms with Crippen LogP contribution >= 0.6 is 0 Å². The maximum Gasteiger partial charge on any atom is 0.283 e. The van der Waals surface area contributed by atoms with Crippen LogP contribution in [0.2, 0.25) is 0 Å². The van der Waals surface area contributed by atoms with Gasteiger partial charge in [-0.15, -0.1) is 10.2 Å². The molecule has 0 saturated heterocycles. The van der Waals surface area contributed by atoms with Crippen LogP contribution < -0.4 is 0 Å². The van der Waals surface area contributed by atoms with Gasteiger partial charge in [-0.25, -0.2) is 0 Å². The molecule has 0 atom stereocenters. The molecule has 4 rings (SSSR count). The van der Waals surface area contributed by atoms with Crippen LogP contribution in [-0.2, 0) is 19.6 Å². The highest BCUT2D eigenvalue weighted by Crippen LogP contribution is 2.20. The first-order chi connectivity index (χ1) is 10.3. The summed E-state index contributed by atoms with van der Waals surface area (Å²) in [6, 6.07) is 5.72. The fraction of sp³-hybridized carbons (Fsp3) is 0.357. The lowest BCUT2D eigenvalue weighted by molar-refractivity contribution is 0.187. The zero-order valence-corrected chi connectivity index (χ0v) is 11.7. The highest BCUT2D eigenvalue weighted by atomic mass is 16.4. The number of fused-ring (bicyclic) bond motifs is 1. The average molecular weight is 285 g/mol. The molecule has 0 N–H and O–H groups in total. The predicted octanol–water partition coefficient (Wildman–Crippen LogP) is 1.85. The average Bonchev–Trinajstić information content (AvgIpc) is 3.16. The summed E-state index contributed by atoms with van der Waals surface area (Å²) in [5, 5.41) is 12.6. The molecular weight excluding hydrogens is 270 g/mol. The smallest absolute Gasteiger partial charge is 0.283 e. The Bertz CT molecular complexity index is 743. The fourth-order valence-corrected chi connectivity index (χ4v) is 2.61. The highest BCUT2D eigenvalue weighted by Gasteiger charge is 2.20. The van der Waals surface area contributed by atoms with Gasteiger partial charge < -0.3 is 8.83 Å². The molecule has 0 spiro atoms. The molecule has 0 amide bonds. The Labute approximate surface area is 121 Å². The van der Waals surface area contributed by atoms with Gasteiger partial charge in [0.15, 0.2) is 5.76 Å². The summed E-state index contributed by atoms with van der Waals surface area (Å²) < 4.78 is 13.0. The second-order valence-electron chi connectivity index (χ2n) is 5.19. The number of hydrogen-bond acceptors (Lipinski definition) is 6. The second kappa shape index (κ2) is 4.85. The quantitative estimate of drug-likeness (QED) is 0.731. The van der Waals surface area contributed by atoms with E-state index in [4.69, 9.17) is 8.83 Å². The van der Waals surface area contributed by atoms with Gasteiger partial charge in [0.2, 0.25) is 5.89 Å². The minimum Gasteiger partial charge on any atom is -0.459 e. The summed E-state index contributed by atoms with van der Waals surface area (Å²) in [5.41, 5.74) is 2.29. The van der Waals surface area contributed by atoms with E-state index < -0.39 is 0 Å². The number of hydrogen-bond donors (Lipinski definition) is 0. The fourth-order valence-electron chi connectivity index (χ4n) is 2.61. The monoisotopic (exact) mass is 285 g/mol. The Morgan fingerprint density at radius 2 is 2.24 bits per heavy atom. The minimum atomic E-state index is 0.424. The molecule has 0 aliphatic carbocycles. The van der Waals surface area contributed by atoms with E-state index in [9.17, 15) is 0 Å². The number of aromatic nitrogens is 4. The lowest BCUT2D eigenvalue weighted by Gasteiger charge is -2.25. The summed E-state index contributed by atoms with van der Waals surface area (Å²) in [6.45, 7) is 5.31. The van der Waals surface area contributed by atoms with Crippen LogP contribution in [0.1, 0.15) is 17.3 Å². The van der Waals surface area contributed by atoms with Gasteiger partial charge >= 0.3 is 0 Å². The van der Waals surface area contributed by atoms with Crippen molar-refractivity contribution in [1.29, 1.82) is 0 Å². The molecule has 4 heterocycles. The number of aryl methyl sites for hydroxylation is 1. The molecule has 0 radical (unpaired) electrons. The van der Waals surface area contributed by atoms with Crippen LogP contribution in [0.25, 0.3) is 11.7 Å². The maximum atomic E-state index is 5.64. The molecule has 7 heteroatoms. The zero-order chi connectivity index (χ0) is 14.2. The van der Waals surface area contributed by atoms with Crippen molar-refractivity contribution >= 4 is 0 Å². The molecule has 3 aromatic heterocycles. The Kier molecular flexibility index (Phi) is 2.85. The molecule has 0 saturated carbocycles. The Morgan fingerprint density at radius 1 is 1.29 bits per heavy atom. The van der Waals surface area contributed by atoms with Crippen molar-refractivity contribution in [2.45, 2.75) is 26.6 Å². The van der Waals surface area contributed by atoms with E-state index in [-0.39, 0.29) is 0 Å². The van der Waals surface area contributed by atoms with Crippen molar-refractivity contribution in [1.82, 2.24) is 24.9 Å². The third-order valence-corrected chi connectivity index (χ3v) is 3.56. The van der Waals surface area contributed by atoms with Gasteiger partial charge in [-0.1, -0.05) is 0 Å². The molecule has 21 heavy (non-hydrogen) atoms. The Hall–Kier alpha value is -2.41. The predicted molar refractivity (Wildman–Crippen MR) is 73.1 cm³/mol. The highest BCUT2D eigenvalue weighted by molar-refractivity contribution is 5.42. The van der Waals surface area contributed by atoms with Crippen LogP contribution in [0.4, 0.5) is 0 Å². The largest absolute Gasteiger partial charge is 0.459 e. The van der Waals surface area contributed by atoms with Crippen LogP contribution in [-0.4, -0.2) is 31.4 Å². The van der Waals surface area contributed by atoms with Crippen molar-refractivity contribution in [2.24, 2.45) is 0 Å². The zero-order valence-electron chi connectivity index (χ0n) is 11.7. The lowest BCUT2D eigenvalue weighted by Crippen LogP contribution is -2.33. The normalized spacial score (nSPS) is 15.3. The van der Waals surface area contributed by atoms with Gasteiger partial charge in [-0.05, 0) is 25.1 Å². The van der Waals surface area contributed by atoms with E-state index in [1.165, 1.54) is 5.69 Å². The molecule has 0 unspecified atom stereocenters. The van der Waals surface area contributed by atoms with Crippen molar-refractivity contribution in [3.05, 3.63) is 41.7 Å². The second-order valence-corrected chi connectivity index (χ2v) is 5.19. The van der Waals surface area contributed by atoms with Crippen LogP contribution in [0, 0.1) is 6.92 Å². The third kappa shape index (κ3) is 2.36. The topological polar surface area (TPSA) is 73.1 Å². The number of nitrogens with zero attached hydrogens (tertiary/aromatic N) is 5. The summed E-state index contributed by atoms with van der Waals surface area (Å²) >= 11 is 0. The van der Waals surface area contributed by atoms with Gasteiger partial charge in [0.25, 0.3) is 5.89 Å². The van der Waals surface area contributed by atoms with Crippen LogP contribution in [0.5, 0.6) is 0 Å². The molecule has 0 aromatic carbocycles. The summed E-state index contributed by atoms with van der Waals surface area (Å²) in [7, 11) is 0. The van der Waals surface area contributed by atoms with Crippen molar-refractivity contribution in [3.63, 3.8) is 0 Å². The molecule has 1 aliphatic heterocycles. The van der Waals surface area contributed by atoms with E-state index >= 15 is 0 Å². The molecule has 0 bridgehead atoms. The summed E-state index contributed by atoms with van der Waals surface area (Å²) in [5.74, 6) is 1.63. The van der Waals surface area contributed by atoms with Crippen molar-refractivity contribution < 1.29 is 8.83 Å². The number of furan rings is 1. The van der Waals surface area contributed by atoms with Gasteiger partial charge in [0, 0.05) is 13.1 Å². The Balaban J connectivity index is 1.47. The van der Waals surface area contributed by atoms with Gasteiger partial charge in [-0.2, -0.15) is 5.10 Å². The minimum absolute atomic E-state index is 0.424. The first kappa shape index (κ1) is 12.3. The first-order valence-corrected chi connectivity index (χ1v) is 6.90. The standard InChI is InChI=1S/C14H15N5O2/c1-10-7-11-8-18(4-5-19(11)17-10)9-13-15-16-14(21-13)12-3-2-6-20-12/h2-3,6-7H,4-5,8-9H2,1H3. The summed E-state index contributed by atoms with van der Waals surface area (Å²) in [6.07, 6.45) is 1.59. The van der Waals surface area contributed by atoms with Crippen molar-refractivity contribution in [3.8, 4) is 11.7 Å². The Morgan fingerprint density at radius 3 is 3.10 bits per heavy atom. The molecule has 0 fully saturated rings. The molecule has 7 nitrogen and oxygen atoms in total. The van der Waals surface area contributed by atoms with Gasteiger partial charge in [0.1, 0.15) is 0 Å². The van der Waals surface area contributed by atoms with E-state index in [0.717, 1.165) is 25.3 Å². The van der Waals surface area contributed by atoms with E-state index in [1.807, 2.05) is 6.92 Å². The number of rotatable bonds is 3. The van der Waals surface area contributed by atoms with E-state index in [1.54, 1.807) is 18.4 Å². The third-order valence-electron chi connectivity index (χ3n) is 3.56. The summed E-state index contributed by atoms with van der Waals surface area (Å²) in [4.78, 5) is 2.27.